The van der Waals surface area contributed by atoms with Gasteiger partial charge in [0.05, 0.1) is 0 Å². The molecule has 0 aromatic carbocycles. The molecule has 5 nitrogen and oxygen atoms in total. The predicted molar refractivity (Wildman–Crippen MR) is 78.2 cm³/mol. The van der Waals surface area contributed by atoms with E-state index in [1.54, 1.807) is 0 Å². The van der Waals surface area contributed by atoms with Gasteiger partial charge in [-0.3, -0.25) is 9.59 Å². The van der Waals surface area contributed by atoms with Crippen molar-refractivity contribution >= 4 is 11.9 Å². The van der Waals surface area contributed by atoms with Gasteiger partial charge in [0.1, 0.15) is 0 Å². The summed E-state index contributed by atoms with van der Waals surface area (Å²) in [5, 5.41) is 8.73. The SMILES string of the molecule is CC(C)(C)C(N)CC(=O)N1CCCC(CCC(=O)O)C1. The second-order valence-electron chi connectivity index (χ2n) is 6.96. The molecule has 2 unspecified atom stereocenters. The summed E-state index contributed by atoms with van der Waals surface area (Å²) in [5.41, 5.74) is 5.99. The molecule has 116 valence electrons. The summed E-state index contributed by atoms with van der Waals surface area (Å²) in [6.07, 6.45) is 3.19. The fourth-order valence-electron chi connectivity index (χ4n) is 2.48. The van der Waals surface area contributed by atoms with Crippen molar-refractivity contribution in [3.63, 3.8) is 0 Å². The maximum atomic E-state index is 12.3. The molecule has 1 saturated heterocycles. The standard InChI is InChI=1S/C15H28N2O3/c1-15(2,3)12(16)9-13(18)17-8-4-5-11(10-17)6-7-14(19)20/h11-12H,4-10,16H2,1-3H3,(H,19,20). The van der Waals surface area contributed by atoms with Crippen LogP contribution < -0.4 is 5.73 Å². The van der Waals surface area contributed by atoms with Crippen LogP contribution in [-0.2, 0) is 9.59 Å². The predicted octanol–water partition coefficient (Wildman–Crippen LogP) is 1.85. The summed E-state index contributed by atoms with van der Waals surface area (Å²) >= 11 is 0. The number of carbonyl (C=O) groups is 2. The van der Waals surface area contributed by atoms with Gasteiger partial charge in [0, 0.05) is 32.0 Å². The molecular formula is C15H28N2O3. The maximum Gasteiger partial charge on any atom is 0.303 e. The van der Waals surface area contributed by atoms with Gasteiger partial charge in [-0.15, -0.1) is 0 Å². The van der Waals surface area contributed by atoms with Crippen molar-refractivity contribution in [1.82, 2.24) is 4.90 Å². The second kappa shape index (κ2) is 7.07. The van der Waals surface area contributed by atoms with Gasteiger partial charge in [-0.1, -0.05) is 20.8 Å². The number of aliphatic carboxylic acids is 1. The molecule has 2 atom stereocenters. The minimum Gasteiger partial charge on any atom is -0.481 e. The highest BCUT2D eigenvalue weighted by Crippen LogP contribution is 2.24. The Morgan fingerprint density at radius 2 is 2.05 bits per heavy atom. The zero-order valence-electron chi connectivity index (χ0n) is 12.9. The number of likely N-dealkylation sites (tertiary alicyclic amines) is 1. The van der Waals surface area contributed by atoms with E-state index in [1.807, 2.05) is 25.7 Å². The molecule has 0 aliphatic carbocycles. The van der Waals surface area contributed by atoms with Gasteiger partial charge in [-0.05, 0) is 30.6 Å². The molecule has 0 aromatic heterocycles. The van der Waals surface area contributed by atoms with E-state index in [-0.39, 0.29) is 23.8 Å². The monoisotopic (exact) mass is 284 g/mol. The molecule has 5 heteroatoms. The fourth-order valence-corrected chi connectivity index (χ4v) is 2.48. The Labute approximate surface area is 121 Å². The first-order chi connectivity index (χ1) is 9.20. The van der Waals surface area contributed by atoms with Crippen LogP contribution in [0, 0.1) is 11.3 Å². The highest BCUT2D eigenvalue weighted by atomic mass is 16.4. The lowest BCUT2D eigenvalue weighted by Crippen LogP contribution is -2.45. The van der Waals surface area contributed by atoms with Crippen molar-refractivity contribution in [3.05, 3.63) is 0 Å². The van der Waals surface area contributed by atoms with Crippen LogP contribution in [0.4, 0.5) is 0 Å². The summed E-state index contributed by atoms with van der Waals surface area (Å²) in [7, 11) is 0. The highest BCUT2D eigenvalue weighted by Gasteiger charge is 2.28. The quantitative estimate of drug-likeness (QED) is 0.807. The van der Waals surface area contributed by atoms with Crippen LogP contribution in [0.3, 0.4) is 0 Å². The molecule has 1 rings (SSSR count). The van der Waals surface area contributed by atoms with Gasteiger partial charge in [0.15, 0.2) is 0 Å². The van der Waals surface area contributed by atoms with Gasteiger partial charge < -0.3 is 15.7 Å². The first kappa shape index (κ1) is 17.0. The largest absolute Gasteiger partial charge is 0.481 e. The molecule has 1 amide bonds. The van der Waals surface area contributed by atoms with E-state index >= 15 is 0 Å². The summed E-state index contributed by atoms with van der Waals surface area (Å²) in [6.45, 7) is 7.58. The van der Waals surface area contributed by atoms with E-state index in [4.69, 9.17) is 10.8 Å². The number of nitrogens with two attached hydrogens (primary N) is 1. The lowest BCUT2D eigenvalue weighted by molar-refractivity contribution is -0.137. The number of piperidine rings is 1. The van der Waals surface area contributed by atoms with Crippen LogP contribution in [0.1, 0.15) is 52.9 Å². The van der Waals surface area contributed by atoms with Gasteiger partial charge in [-0.2, -0.15) is 0 Å². The van der Waals surface area contributed by atoms with E-state index in [0.717, 1.165) is 19.4 Å². The van der Waals surface area contributed by atoms with Crippen molar-refractivity contribution < 1.29 is 14.7 Å². The van der Waals surface area contributed by atoms with Gasteiger partial charge in [0.2, 0.25) is 5.91 Å². The van der Waals surface area contributed by atoms with Crippen LogP contribution in [0.25, 0.3) is 0 Å². The Kier molecular flexibility index (Phi) is 5.99. The molecular weight excluding hydrogens is 256 g/mol. The average Bonchev–Trinajstić information content (AvgIpc) is 2.35. The van der Waals surface area contributed by atoms with Crippen molar-refractivity contribution in [2.75, 3.05) is 13.1 Å². The number of carbonyl (C=O) groups excluding carboxylic acids is 1. The third-order valence-corrected chi connectivity index (χ3v) is 4.15. The third kappa shape index (κ3) is 5.49. The number of hydrogen-bond acceptors (Lipinski definition) is 3. The zero-order chi connectivity index (χ0) is 15.3. The molecule has 1 aliphatic heterocycles. The molecule has 0 spiro atoms. The minimum absolute atomic E-state index is 0.0752. The van der Waals surface area contributed by atoms with E-state index in [0.29, 0.717) is 25.3 Å². The lowest BCUT2D eigenvalue weighted by atomic mass is 9.85. The van der Waals surface area contributed by atoms with Crippen LogP contribution in [0.15, 0.2) is 0 Å². The Hall–Kier alpha value is -1.10. The van der Waals surface area contributed by atoms with Crippen molar-refractivity contribution in [1.29, 1.82) is 0 Å². The molecule has 1 aliphatic rings. The highest BCUT2D eigenvalue weighted by molar-refractivity contribution is 5.77. The van der Waals surface area contributed by atoms with Crippen LogP contribution in [0.5, 0.6) is 0 Å². The van der Waals surface area contributed by atoms with Gasteiger partial charge in [0.25, 0.3) is 0 Å². The number of amides is 1. The van der Waals surface area contributed by atoms with Gasteiger partial charge in [-0.25, -0.2) is 0 Å². The summed E-state index contributed by atoms with van der Waals surface area (Å²) in [5.74, 6) is -0.342. The summed E-state index contributed by atoms with van der Waals surface area (Å²) < 4.78 is 0. The normalized spacial score (nSPS) is 21.6. The fraction of sp³-hybridized carbons (Fsp3) is 0.867. The maximum absolute atomic E-state index is 12.3. The lowest BCUT2D eigenvalue weighted by Gasteiger charge is -2.35. The molecule has 20 heavy (non-hydrogen) atoms. The number of nitrogens with zero attached hydrogens (tertiary/aromatic N) is 1. The van der Waals surface area contributed by atoms with E-state index in [9.17, 15) is 9.59 Å². The van der Waals surface area contributed by atoms with E-state index < -0.39 is 5.97 Å². The Bertz CT molecular complexity index is 350. The first-order valence-electron chi connectivity index (χ1n) is 7.45. The minimum atomic E-state index is -0.761. The van der Waals surface area contributed by atoms with Crippen molar-refractivity contribution in [2.45, 2.75) is 58.9 Å². The Morgan fingerprint density at radius 3 is 2.60 bits per heavy atom. The molecule has 0 aromatic rings. The number of carboxylic acid groups (broad SMARTS) is 1. The molecule has 0 radical (unpaired) electrons. The van der Waals surface area contributed by atoms with Crippen LogP contribution in [-0.4, -0.2) is 41.0 Å². The number of rotatable bonds is 5. The number of carboxylic acids is 1. The second-order valence-corrected chi connectivity index (χ2v) is 6.96. The van der Waals surface area contributed by atoms with Crippen LogP contribution >= 0.6 is 0 Å². The number of hydrogen-bond donors (Lipinski definition) is 2. The zero-order valence-corrected chi connectivity index (χ0v) is 12.9. The molecule has 3 N–H and O–H groups in total. The molecule has 1 heterocycles. The first-order valence-corrected chi connectivity index (χ1v) is 7.45. The molecule has 0 saturated carbocycles. The van der Waals surface area contributed by atoms with Gasteiger partial charge >= 0.3 is 5.97 Å². The summed E-state index contributed by atoms with van der Waals surface area (Å²) in [4.78, 5) is 24.7. The Morgan fingerprint density at radius 1 is 1.40 bits per heavy atom. The molecule has 1 fully saturated rings. The molecule has 0 bridgehead atoms. The topological polar surface area (TPSA) is 83.6 Å². The summed E-state index contributed by atoms with van der Waals surface area (Å²) in [6, 6.07) is -0.144. The Balaban J connectivity index is 2.46. The van der Waals surface area contributed by atoms with Crippen molar-refractivity contribution in [3.8, 4) is 0 Å². The van der Waals surface area contributed by atoms with Crippen molar-refractivity contribution in [2.24, 2.45) is 17.1 Å². The van der Waals surface area contributed by atoms with E-state index in [1.165, 1.54) is 0 Å². The van der Waals surface area contributed by atoms with Crippen LogP contribution in [0.2, 0.25) is 0 Å². The smallest absolute Gasteiger partial charge is 0.303 e. The van der Waals surface area contributed by atoms with E-state index in [2.05, 4.69) is 0 Å². The third-order valence-electron chi connectivity index (χ3n) is 4.15. The average molecular weight is 284 g/mol.